The number of hydrogen-bond acceptors (Lipinski definition) is 4. The van der Waals surface area contributed by atoms with E-state index in [-0.39, 0.29) is 24.6 Å². The van der Waals surface area contributed by atoms with Crippen molar-refractivity contribution in [2.75, 3.05) is 6.54 Å². The van der Waals surface area contributed by atoms with Crippen LogP contribution in [0.25, 0.3) is 0 Å². The van der Waals surface area contributed by atoms with Crippen LogP contribution in [-0.4, -0.2) is 23.5 Å². The van der Waals surface area contributed by atoms with Gasteiger partial charge in [0.05, 0.1) is 0 Å². The predicted octanol–water partition coefficient (Wildman–Crippen LogP) is 2.60. The summed E-state index contributed by atoms with van der Waals surface area (Å²) in [6.07, 6.45) is 6.45. The maximum atomic E-state index is 12.0. The fourth-order valence-corrected chi connectivity index (χ4v) is 3.01. The van der Waals surface area contributed by atoms with E-state index in [0.717, 1.165) is 18.4 Å². The summed E-state index contributed by atoms with van der Waals surface area (Å²) in [5, 5.41) is 23.4. The molecule has 6 nitrogen and oxygen atoms in total. The van der Waals surface area contributed by atoms with E-state index < -0.39 is 11.9 Å². The van der Waals surface area contributed by atoms with Crippen LogP contribution in [0.5, 0.6) is 0 Å². The Kier molecular flexibility index (Phi) is 7.22. The van der Waals surface area contributed by atoms with Gasteiger partial charge in [-0.05, 0) is 55.7 Å². The summed E-state index contributed by atoms with van der Waals surface area (Å²) in [4.78, 5) is 22.4. The third-order valence-corrected chi connectivity index (χ3v) is 4.57. The molecule has 1 aromatic carbocycles. The molecule has 1 aliphatic rings. The Hall–Kier alpha value is -2.81. The minimum Gasteiger partial charge on any atom is -0.481 e. The van der Waals surface area contributed by atoms with Gasteiger partial charge < -0.3 is 15.7 Å². The quantitative estimate of drug-likeness (QED) is 0.378. The Balaban J connectivity index is 1.92. The van der Waals surface area contributed by atoms with E-state index in [1.54, 1.807) is 0 Å². The number of carboxylic acid groups (broad SMARTS) is 1. The molecular weight excluding hydrogens is 330 g/mol. The van der Waals surface area contributed by atoms with Crippen molar-refractivity contribution in [2.24, 2.45) is 0 Å². The summed E-state index contributed by atoms with van der Waals surface area (Å²) < 4.78 is 0. The third-order valence-electron chi connectivity index (χ3n) is 4.57. The summed E-state index contributed by atoms with van der Waals surface area (Å²) in [6.45, 7) is 2.21. The van der Waals surface area contributed by atoms with Crippen LogP contribution in [0.4, 0.5) is 0 Å². The van der Waals surface area contributed by atoms with Gasteiger partial charge in [-0.2, -0.15) is 5.26 Å². The maximum Gasteiger partial charge on any atom is 0.303 e. The van der Waals surface area contributed by atoms with Crippen molar-refractivity contribution in [3.8, 4) is 6.07 Å². The lowest BCUT2D eigenvalue weighted by molar-refractivity contribution is -0.137. The Morgan fingerprint density at radius 1 is 1.31 bits per heavy atom. The standard InChI is InChI=1S/C20H25N3O3/c1-14(16-9-8-15-5-2-3-6-17(15)11-16)23-13-18(12-21)20(26)22-10-4-7-19(24)25/h8-9,11,13-14,23H,2-7,10H2,1H3,(H,22,26)(H,24,25)/b18-13-. The molecule has 1 amide bonds. The van der Waals surface area contributed by atoms with Crippen LogP contribution < -0.4 is 10.6 Å². The number of aliphatic carboxylic acids is 1. The monoisotopic (exact) mass is 355 g/mol. The van der Waals surface area contributed by atoms with E-state index in [2.05, 4.69) is 28.8 Å². The highest BCUT2D eigenvalue weighted by atomic mass is 16.4. The molecule has 0 spiro atoms. The van der Waals surface area contributed by atoms with Crippen LogP contribution in [0.15, 0.2) is 30.0 Å². The zero-order valence-corrected chi connectivity index (χ0v) is 15.0. The van der Waals surface area contributed by atoms with Crippen molar-refractivity contribution in [3.05, 3.63) is 46.7 Å². The first-order valence-electron chi connectivity index (χ1n) is 8.99. The lowest BCUT2D eigenvalue weighted by Gasteiger charge is -2.19. The molecule has 138 valence electrons. The van der Waals surface area contributed by atoms with Gasteiger partial charge in [0.2, 0.25) is 0 Å². The molecule has 0 aromatic heterocycles. The molecular formula is C20H25N3O3. The zero-order chi connectivity index (χ0) is 18.9. The van der Waals surface area contributed by atoms with E-state index in [1.807, 2.05) is 13.0 Å². The van der Waals surface area contributed by atoms with Gasteiger partial charge in [0.1, 0.15) is 11.6 Å². The van der Waals surface area contributed by atoms with Crippen molar-refractivity contribution < 1.29 is 14.7 Å². The number of carbonyl (C=O) groups excluding carboxylic acids is 1. The number of nitriles is 1. The van der Waals surface area contributed by atoms with Gasteiger partial charge in [-0.25, -0.2) is 0 Å². The van der Waals surface area contributed by atoms with Crippen LogP contribution in [-0.2, 0) is 22.4 Å². The average molecular weight is 355 g/mol. The molecule has 1 unspecified atom stereocenters. The molecule has 26 heavy (non-hydrogen) atoms. The summed E-state index contributed by atoms with van der Waals surface area (Å²) >= 11 is 0. The minimum atomic E-state index is -0.907. The molecule has 0 saturated heterocycles. The van der Waals surface area contributed by atoms with Crippen LogP contribution in [0.1, 0.15) is 55.3 Å². The number of benzene rings is 1. The first-order valence-corrected chi connectivity index (χ1v) is 8.99. The molecule has 0 saturated carbocycles. The SMILES string of the molecule is CC(N/C=C(/C#N)C(=O)NCCCC(=O)O)c1ccc2c(c1)CCCC2. The normalized spacial score (nSPS) is 14.7. The lowest BCUT2D eigenvalue weighted by atomic mass is 9.89. The largest absolute Gasteiger partial charge is 0.481 e. The number of carbonyl (C=O) groups is 2. The molecule has 3 N–H and O–H groups in total. The van der Waals surface area contributed by atoms with E-state index in [4.69, 9.17) is 10.4 Å². The number of rotatable bonds is 8. The van der Waals surface area contributed by atoms with Gasteiger partial charge in [0.15, 0.2) is 0 Å². The predicted molar refractivity (Wildman–Crippen MR) is 98.2 cm³/mol. The highest BCUT2D eigenvalue weighted by Crippen LogP contribution is 2.24. The fourth-order valence-electron chi connectivity index (χ4n) is 3.01. The second kappa shape index (κ2) is 9.62. The summed E-state index contributed by atoms with van der Waals surface area (Å²) in [5.41, 5.74) is 3.91. The molecule has 1 aromatic rings. The number of hydrogen-bond donors (Lipinski definition) is 3. The number of nitrogens with zero attached hydrogens (tertiary/aromatic N) is 1. The Morgan fingerprint density at radius 2 is 2.04 bits per heavy atom. The Labute approximate surface area is 153 Å². The number of amides is 1. The molecule has 0 bridgehead atoms. The van der Waals surface area contributed by atoms with Gasteiger partial charge in [0, 0.05) is 25.2 Å². The number of aryl methyl sites for hydroxylation is 2. The van der Waals surface area contributed by atoms with Crippen molar-refractivity contribution in [1.82, 2.24) is 10.6 Å². The second-order valence-corrected chi connectivity index (χ2v) is 6.55. The average Bonchev–Trinajstić information content (AvgIpc) is 2.65. The van der Waals surface area contributed by atoms with Crippen LogP contribution in [0, 0.1) is 11.3 Å². The first kappa shape index (κ1) is 19.5. The van der Waals surface area contributed by atoms with Gasteiger partial charge >= 0.3 is 5.97 Å². The maximum absolute atomic E-state index is 12.0. The molecule has 0 fully saturated rings. The van der Waals surface area contributed by atoms with Gasteiger partial charge in [0.25, 0.3) is 5.91 Å². The summed E-state index contributed by atoms with van der Waals surface area (Å²) in [6, 6.07) is 8.33. The van der Waals surface area contributed by atoms with Crippen molar-refractivity contribution >= 4 is 11.9 Å². The number of fused-ring (bicyclic) bond motifs is 1. The Morgan fingerprint density at radius 3 is 2.73 bits per heavy atom. The molecule has 0 heterocycles. The smallest absolute Gasteiger partial charge is 0.303 e. The minimum absolute atomic E-state index is 0.0144. The fraction of sp³-hybridized carbons (Fsp3) is 0.450. The highest BCUT2D eigenvalue weighted by Gasteiger charge is 2.13. The molecule has 2 rings (SSSR count). The van der Waals surface area contributed by atoms with Gasteiger partial charge in [-0.1, -0.05) is 18.2 Å². The lowest BCUT2D eigenvalue weighted by Crippen LogP contribution is -2.27. The van der Waals surface area contributed by atoms with Crippen LogP contribution in [0.3, 0.4) is 0 Å². The van der Waals surface area contributed by atoms with Crippen LogP contribution >= 0.6 is 0 Å². The molecule has 1 atom stereocenters. The number of carboxylic acids is 1. The van der Waals surface area contributed by atoms with E-state index in [1.165, 1.54) is 30.2 Å². The molecule has 0 radical (unpaired) electrons. The Bertz CT molecular complexity index is 734. The number of nitrogens with one attached hydrogen (secondary N) is 2. The van der Waals surface area contributed by atoms with Gasteiger partial charge in [-0.3, -0.25) is 9.59 Å². The summed E-state index contributed by atoms with van der Waals surface area (Å²) in [5.74, 6) is -1.40. The second-order valence-electron chi connectivity index (χ2n) is 6.55. The van der Waals surface area contributed by atoms with E-state index in [9.17, 15) is 9.59 Å². The van der Waals surface area contributed by atoms with Crippen LogP contribution in [0.2, 0.25) is 0 Å². The molecule has 1 aliphatic carbocycles. The van der Waals surface area contributed by atoms with Crippen molar-refractivity contribution in [3.63, 3.8) is 0 Å². The van der Waals surface area contributed by atoms with E-state index >= 15 is 0 Å². The first-order chi connectivity index (χ1) is 12.5. The zero-order valence-electron chi connectivity index (χ0n) is 15.0. The third kappa shape index (κ3) is 5.62. The summed E-state index contributed by atoms with van der Waals surface area (Å²) in [7, 11) is 0. The molecule has 0 aliphatic heterocycles. The topological polar surface area (TPSA) is 102 Å². The van der Waals surface area contributed by atoms with E-state index in [0.29, 0.717) is 6.42 Å². The van der Waals surface area contributed by atoms with Crippen molar-refractivity contribution in [1.29, 1.82) is 5.26 Å². The van der Waals surface area contributed by atoms with Gasteiger partial charge in [-0.15, -0.1) is 0 Å². The highest BCUT2D eigenvalue weighted by molar-refractivity contribution is 5.97. The molecule has 6 heteroatoms. The van der Waals surface area contributed by atoms with Crippen molar-refractivity contribution in [2.45, 2.75) is 51.5 Å².